The van der Waals surface area contributed by atoms with Crippen LogP contribution in [0.5, 0.6) is 0 Å². The first-order valence-electron chi connectivity index (χ1n) is 7.17. The molecule has 1 aliphatic carbocycles. The number of likely N-dealkylation sites (N-methyl/N-ethyl adjacent to an activating group) is 1. The minimum atomic E-state index is 0.241. The third-order valence-electron chi connectivity index (χ3n) is 4.28. The van der Waals surface area contributed by atoms with Gasteiger partial charge in [-0.2, -0.15) is 0 Å². The van der Waals surface area contributed by atoms with Gasteiger partial charge < -0.3 is 4.90 Å². The molecule has 1 fully saturated rings. The topological polar surface area (TPSA) is 36.4 Å². The molecule has 0 bridgehead atoms. The van der Waals surface area contributed by atoms with Gasteiger partial charge in [0.15, 0.2) is 10.9 Å². The van der Waals surface area contributed by atoms with Crippen molar-refractivity contribution in [2.45, 2.75) is 38.6 Å². The highest BCUT2D eigenvalue weighted by Crippen LogP contribution is 2.32. The van der Waals surface area contributed by atoms with Crippen molar-refractivity contribution < 1.29 is 4.79 Å². The third-order valence-corrected chi connectivity index (χ3v) is 5.45. The van der Waals surface area contributed by atoms with Crippen LogP contribution in [0.25, 0.3) is 0 Å². The highest BCUT2D eigenvalue weighted by atomic mass is 32.1. The zero-order chi connectivity index (χ0) is 13.4. The van der Waals surface area contributed by atoms with Gasteiger partial charge in [0.25, 0.3) is 0 Å². The number of piperazine rings is 1. The van der Waals surface area contributed by atoms with Crippen molar-refractivity contribution in [3.05, 3.63) is 10.6 Å². The van der Waals surface area contributed by atoms with Crippen molar-refractivity contribution in [3.63, 3.8) is 0 Å². The highest BCUT2D eigenvalue weighted by molar-refractivity contribution is 7.16. The summed E-state index contributed by atoms with van der Waals surface area (Å²) < 4.78 is 0. The van der Waals surface area contributed by atoms with E-state index in [4.69, 9.17) is 0 Å². The molecule has 5 heteroatoms. The molecule has 1 unspecified atom stereocenters. The predicted octanol–water partition coefficient (Wildman–Crippen LogP) is 2.19. The molecule has 104 valence electrons. The zero-order valence-corrected chi connectivity index (χ0v) is 12.5. The number of aromatic nitrogens is 1. The van der Waals surface area contributed by atoms with Crippen LogP contribution in [0.1, 0.15) is 41.6 Å². The van der Waals surface area contributed by atoms with Crippen LogP contribution in [-0.2, 0) is 6.42 Å². The van der Waals surface area contributed by atoms with E-state index in [0.29, 0.717) is 12.5 Å². The fourth-order valence-electron chi connectivity index (χ4n) is 2.95. The Morgan fingerprint density at radius 3 is 2.95 bits per heavy atom. The second-order valence-electron chi connectivity index (χ2n) is 5.53. The summed E-state index contributed by atoms with van der Waals surface area (Å²) in [6.07, 6.45) is 3.87. The minimum absolute atomic E-state index is 0.241. The lowest BCUT2D eigenvalue weighted by atomic mass is 10.0. The number of rotatable bonds is 2. The van der Waals surface area contributed by atoms with Gasteiger partial charge in [-0.05, 0) is 26.3 Å². The summed E-state index contributed by atoms with van der Waals surface area (Å²) in [6, 6.07) is 0.602. The summed E-state index contributed by atoms with van der Waals surface area (Å²) in [6.45, 7) is 5.37. The number of Topliss-reactive ketones (excluding diaryl/α,β-unsaturated/α-hetero) is 1. The van der Waals surface area contributed by atoms with E-state index in [0.717, 1.165) is 49.7 Å². The molecule has 0 N–H and O–H groups in total. The molecule has 2 heterocycles. The van der Waals surface area contributed by atoms with Crippen molar-refractivity contribution in [1.82, 2.24) is 9.88 Å². The van der Waals surface area contributed by atoms with Gasteiger partial charge in [-0.3, -0.25) is 9.69 Å². The highest BCUT2D eigenvalue weighted by Gasteiger charge is 2.28. The maximum Gasteiger partial charge on any atom is 0.186 e. The SMILES string of the molecule is CCC1CN(c2nc3c(s2)CCCC3=O)CCN1C. The van der Waals surface area contributed by atoms with E-state index in [1.165, 1.54) is 4.88 Å². The molecule has 1 aliphatic heterocycles. The van der Waals surface area contributed by atoms with E-state index in [1.54, 1.807) is 11.3 Å². The Morgan fingerprint density at radius 2 is 2.21 bits per heavy atom. The predicted molar refractivity (Wildman–Crippen MR) is 78.3 cm³/mol. The summed E-state index contributed by atoms with van der Waals surface area (Å²) in [5, 5.41) is 1.06. The van der Waals surface area contributed by atoms with E-state index in [9.17, 15) is 4.79 Å². The van der Waals surface area contributed by atoms with Crippen molar-refractivity contribution in [2.75, 3.05) is 31.6 Å². The van der Waals surface area contributed by atoms with Gasteiger partial charge in [-0.15, -0.1) is 11.3 Å². The molecule has 1 aromatic rings. The molecule has 1 atom stereocenters. The Morgan fingerprint density at radius 1 is 1.37 bits per heavy atom. The lowest BCUT2D eigenvalue weighted by molar-refractivity contribution is 0.0968. The molecule has 0 saturated carbocycles. The fourth-order valence-corrected chi connectivity index (χ4v) is 4.11. The zero-order valence-electron chi connectivity index (χ0n) is 11.7. The maximum absolute atomic E-state index is 11.9. The van der Waals surface area contributed by atoms with Crippen LogP contribution in [0.15, 0.2) is 0 Å². The van der Waals surface area contributed by atoms with Crippen LogP contribution >= 0.6 is 11.3 Å². The van der Waals surface area contributed by atoms with E-state index in [-0.39, 0.29) is 5.78 Å². The minimum Gasteiger partial charge on any atom is -0.345 e. The summed E-state index contributed by atoms with van der Waals surface area (Å²) in [5.41, 5.74) is 0.762. The van der Waals surface area contributed by atoms with Gasteiger partial charge in [0.05, 0.1) is 0 Å². The summed E-state index contributed by atoms with van der Waals surface area (Å²) in [5.74, 6) is 0.241. The molecular formula is C14H21N3OS. The number of aryl methyl sites for hydroxylation is 1. The quantitative estimate of drug-likeness (QED) is 0.831. The molecule has 0 amide bonds. The lowest BCUT2D eigenvalue weighted by Gasteiger charge is -2.39. The largest absolute Gasteiger partial charge is 0.345 e. The van der Waals surface area contributed by atoms with Crippen molar-refractivity contribution in [2.24, 2.45) is 0 Å². The number of anilines is 1. The Labute approximate surface area is 118 Å². The Hall–Kier alpha value is -0.940. The average molecular weight is 279 g/mol. The molecular weight excluding hydrogens is 258 g/mol. The van der Waals surface area contributed by atoms with Gasteiger partial charge in [-0.25, -0.2) is 4.98 Å². The first kappa shape index (κ1) is 13.1. The molecule has 4 nitrogen and oxygen atoms in total. The standard InChI is InChI=1S/C14H21N3OS/c1-3-10-9-17(8-7-16(10)2)14-15-13-11(18)5-4-6-12(13)19-14/h10H,3-9H2,1-2H3. The smallest absolute Gasteiger partial charge is 0.186 e. The molecule has 0 spiro atoms. The van der Waals surface area contributed by atoms with Crippen LogP contribution in [0, 0.1) is 0 Å². The van der Waals surface area contributed by atoms with Crippen LogP contribution in [0.3, 0.4) is 0 Å². The summed E-state index contributed by atoms with van der Waals surface area (Å²) in [4.78, 5) is 22.5. The van der Waals surface area contributed by atoms with Crippen LogP contribution < -0.4 is 4.90 Å². The van der Waals surface area contributed by atoms with E-state index in [1.807, 2.05) is 0 Å². The van der Waals surface area contributed by atoms with Gasteiger partial charge in [-0.1, -0.05) is 6.92 Å². The number of hydrogen-bond acceptors (Lipinski definition) is 5. The summed E-state index contributed by atoms with van der Waals surface area (Å²) >= 11 is 1.73. The number of nitrogens with zero attached hydrogens (tertiary/aromatic N) is 3. The van der Waals surface area contributed by atoms with Gasteiger partial charge in [0.1, 0.15) is 5.69 Å². The van der Waals surface area contributed by atoms with Crippen LogP contribution in [0.4, 0.5) is 5.13 Å². The summed E-state index contributed by atoms with van der Waals surface area (Å²) in [7, 11) is 2.20. The second-order valence-corrected chi connectivity index (χ2v) is 6.60. The molecule has 0 radical (unpaired) electrons. The number of thiazole rings is 1. The Kier molecular flexibility index (Phi) is 3.58. The average Bonchev–Trinajstić information content (AvgIpc) is 2.85. The second kappa shape index (κ2) is 5.21. The lowest BCUT2D eigenvalue weighted by Crippen LogP contribution is -2.51. The van der Waals surface area contributed by atoms with Crippen molar-refractivity contribution >= 4 is 22.3 Å². The molecule has 1 aromatic heterocycles. The Bertz CT molecular complexity index is 485. The number of fused-ring (bicyclic) bond motifs is 1. The molecule has 0 aromatic carbocycles. The van der Waals surface area contributed by atoms with Gasteiger partial charge >= 0.3 is 0 Å². The first-order chi connectivity index (χ1) is 9.19. The van der Waals surface area contributed by atoms with E-state index in [2.05, 4.69) is 28.8 Å². The molecule has 2 aliphatic rings. The van der Waals surface area contributed by atoms with Crippen LogP contribution in [-0.4, -0.2) is 48.4 Å². The maximum atomic E-state index is 11.9. The fraction of sp³-hybridized carbons (Fsp3) is 0.714. The molecule has 19 heavy (non-hydrogen) atoms. The number of ketones is 1. The Balaban J connectivity index is 1.81. The normalized spacial score (nSPS) is 24.6. The van der Waals surface area contributed by atoms with E-state index >= 15 is 0 Å². The van der Waals surface area contributed by atoms with Gasteiger partial charge in [0, 0.05) is 37.0 Å². The van der Waals surface area contributed by atoms with Crippen molar-refractivity contribution in [1.29, 1.82) is 0 Å². The molecule has 3 rings (SSSR count). The number of hydrogen-bond donors (Lipinski definition) is 0. The van der Waals surface area contributed by atoms with Crippen molar-refractivity contribution in [3.8, 4) is 0 Å². The monoisotopic (exact) mass is 279 g/mol. The molecule has 1 saturated heterocycles. The van der Waals surface area contributed by atoms with Gasteiger partial charge in [0.2, 0.25) is 0 Å². The number of carbonyl (C=O) groups is 1. The number of carbonyl (C=O) groups excluding carboxylic acids is 1. The van der Waals surface area contributed by atoms with Crippen LogP contribution in [0.2, 0.25) is 0 Å². The first-order valence-corrected chi connectivity index (χ1v) is 7.98. The third kappa shape index (κ3) is 2.41. The van der Waals surface area contributed by atoms with E-state index < -0.39 is 0 Å².